The molecule has 0 spiro atoms. The molecule has 2 aromatic rings. The van der Waals surface area contributed by atoms with Crippen molar-refractivity contribution >= 4 is 11.7 Å². The lowest BCUT2D eigenvalue weighted by Gasteiger charge is -2.15. The minimum atomic E-state index is -4.61. The maximum atomic E-state index is 13.1. The van der Waals surface area contributed by atoms with E-state index in [9.17, 15) is 18.0 Å². The molecule has 128 valence electrons. The van der Waals surface area contributed by atoms with E-state index in [0.29, 0.717) is 5.69 Å². The van der Waals surface area contributed by atoms with Crippen molar-refractivity contribution in [1.29, 1.82) is 0 Å². The normalized spacial score (nSPS) is 11.0. The molecule has 0 bridgehead atoms. The maximum Gasteiger partial charge on any atom is 0.418 e. The number of halogens is 3. The lowest BCUT2D eigenvalue weighted by atomic mass is 10.1. The van der Waals surface area contributed by atoms with Gasteiger partial charge in [0.2, 0.25) is 0 Å². The van der Waals surface area contributed by atoms with Gasteiger partial charge in [0.25, 0.3) is 0 Å². The van der Waals surface area contributed by atoms with Crippen molar-refractivity contribution in [3.63, 3.8) is 0 Å². The molecular formula is C16H16F3N3O2. The first-order chi connectivity index (χ1) is 11.4. The second kappa shape index (κ2) is 7.67. The summed E-state index contributed by atoms with van der Waals surface area (Å²) >= 11 is 0. The van der Waals surface area contributed by atoms with Crippen LogP contribution in [0.25, 0.3) is 0 Å². The van der Waals surface area contributed by atoms with Gasteiger partial charge in [-0.2, -0.15) is 13.2 Å². The van der Waals surface area contributed by atoms with Crippen LogP contribution in [0.5, 0.6) is 5.75 Å². The second-order valence-electron chi connectivity index (χ2n) is 4.77. The van der Waals surface area contributed by atoms with Gasteiger partial charge in [0.15, 0.2) is 0 Å². The first-order valence-electron chi connectivity index (χ1n) is 7.19. The zero-order chi connectivity index (χ0) is 17.6. The molecule has 0 aliphatic rings. The van der Waals surface area contributed by atoms with Crippen LogP contribution in [-0.4, -0.2) is 17.6 Å². The highest BCUT2D eigenvalue weighted by molar-refractivity contribution is 5.90. The van der Waals surface area contributed by atoms with E-state index in [1.165, 1.54) is 6.07 Å². The summed E-state index contributed by atoms with van der Waals surface area (Å²) in [6, 6.07) is 7.79. The summed E-state index contributed by atoms with van der Waals surface area (Å²) in [4.78, 5) is 15.8. The first kappa shape index (κ1) is 17.6. The van der Waals surface area contributed by atoms with Crippen LogP contribution in [-0.2, 0) is 12.7 Å². The van der Waals surface area contributed by atoms with Crippen molar-refractivity contribution in [2.24, 2.45) is 0 Å². The minimum absolute atomic E-state index is 0.0873. The van der Waals surface area contributed by atoms with Crippen molar-refractivity contribution in [3.05, 3.63) is 53.9 Å². The Morgan fingerprint density at radius 3 is 2.67 bits per heavy atom. The third kappa shape index (κ3) is 4.87. The lowest BCUT2D eigenvalue weighted by molar-refractivity contribution is -0.137. The number of nitrogens with one attached hydrogen (secondary N) is 2. The minimum Gasteiger partial charge on any atom is -0.494 e. The molecule has 0 radical (unpaired) electrons. The van der Waals surface area contributed by atoms with E-state index < -0.39 is 17.8 Å². The van der Waals surface area contributed by atoms with Crippen LogP contribution in [0, 0.1) is 0 Å². The standard InChI is InChI=1S/C16H16F3N3O2/c1-2-24-12-6-7-14(13(9-12)16(17,18)19)22-15(23)21-10-11-5-3-4-8-20-11/h3-9H,2,10H2,1H3,(H2,21,22,23). The van der Waals surface area contributed by atoms with Crippen LogP contribution < -0.4 is 15.4 Å². The second-order valence-corrected chi connectivity index (χ2v) is 4.77. The summed E-state index contributed by atoms with van der Waals surface area (Å²) < 4.78 is 44.5. The van der Waals surface area contributed by atoms with Gasteiger partial charge in [0.05, 0.1) is 30.1 Å². The summed E-state index contributed by atoms with van der Waals surface area (Å²) in [5.74, 6) is 0.0873. The van der Waals surface area contributed by atoms with Gasteiger partial charge in [0, 0.05) is 6.20 Å². The molecule has 0 aliphatic carbocycles. The Balaban J connectivity index is 2.09. The fraction of sp³-hybridized carbons (Fsp3) is 0.250. The average molecular weight is 339 g/mol. The topological polar surface area (TPSA) is 63.2 Å². The molecule has 5 nitrogen and oxygen atoms in total. The number of urea groups is 1. The third-order valence-corrected chi connectivity index (χ3v) is 3.01. The van der Waals surface area contributed by atoms with Crippen molar-refractivity contribution in [3.8, 4) is 5.75 Å². The smallest absolute Gasteiger partial charge is 0.418 e. The molecule has 1 aromatic heterocycles. The summed E-state index contributed by atoms with van der Waals surface area (Å²) in [6.07, 6.45) is -3.06. The summed E-state index contributed by atoms with van der Waals surface area (Å²) in [6.45, 7) is 2.02. The number of amides is 2. The van der Waals surface area contributed by atoms with Crippen molar-refractivity contribution in [1.82, 2.24) is 10.3 Å². The molecule has 0 aliphatic heterocycles. The van der Waals surface area contributed by atoms with Crippen LogP contribution in [0.1, 0.15) is 18.2 Å². The number of carbonyl (C=O) groups is 1. The highest BCUT2D eigenvalue weighted by Gasteiger charge is 2.34. The maximum absolute atomic E-state index is 13.1. The van der Waals surface area contributed by atoms with Crippen LogP contribution in [0.3, 0.4) is 0 Å². The number of nitrogens with zero attached hydrogens (tertiary/aromatic N) is 1. The van der Waals surface area contributed by atoms with Crippen LogP contribution >= 0.6 is 0 Å². The Morgan fingerprint density at radius 1 is 1.25 bits per heavy atom. The van der Waals surface area contributed by atoms with E-state index in [1.807, 2.05) is 0 Å². The SMILES string of the molecule is CCOc1ccc(NC(=O)NCc2ccccn2)c(C(F)(F)F)c1. The summed E-state index contributed by atoms with van der Waals surface area (Å²) in [5, 5.41) is 4.66. The average Bonchev–Trinajstić information content (AvgIpc) is 2.54. The van der Waals surface area contributed by atoms with Crippen molar-refractivity contribution in [2.75, 3.05) is 11.9 Å². The first-order valence-corrected chi connectivity index (χ1v) is 7.19. The van der Waals surface area contributed by atoms with Gasteiger partial charge in [-0.05, 0) is 37.3 Å². The molecule has 0 saturated carbocycles. The van der Waals surface area contributed by atoms with E-state index >= 15 is 0 Å². The van der Waals surface area contributed by atoms with E-state index in [2.05, 4.69) is 15.6 Å². The molecule has 2 N–H and O–H groups in total. The fourth-order valence-electron chi connectivity index (χ4n) is 1.96. The van der Waals surface area contributed by atoms with Crippen LogP contribution in [0.2, 0.25) is 0 Å². The number of ether oxygens (including phenoxy) is 1. The molecule has 0 unspecified atom stereocenters. The highest BCUT2D eigenvalue weighted by atomic mass is 19.4. The van der Waals surface area contributed by atoms with Crippen LogP contribution in [0.4, 0.5) is 23.7 Å². The molecule has 1 aromatic carbocycles. The van der Waals surface area contributed by atoms with Gasteiger partial charge in [-0.3, -0.25) is 4.98 Å². The molecule has 8 heteroatoms. The predicted octanol–water partition coefficient (Wildman–Crippen LogP) is 3.82. The Kier molecular flexibility index (Phi) is 5.62. The zero-order valence-corrected chi connectivity index (χ0v) is 12.9. The fourth-order valence-corrected chi connectivity index (χ4v) is 1.96. The molecular weight excluding hydrogens is 323 g/mol. The summed E-state index contributed by atoms with van der Waals surface area (Å²) in [7, 11) is 0. The number of hydrogen-bond acceptors (Lipinski definition) is 3. The number of aromatic nitrogens is 1. The van der Waals surface area contributed by atoms with E-state index in [1.54, 1.807) is 31.3 Å². The molecule has 0 fully saturated rings. The number of alkyl halides is 3. The van der Waals surface area contributed by atoms with Gasteiger partial charge in [-0.15, -0.1) is 0 Å². The number of pyridine rings is 1. The molecule has 0 atom stereocenters. The van der Waals surface area contributed by atoms with E-state index in [0.717, 1.165) is 12.1 Å². The number of benzene rings is 1. The molecule has 0 saturated heterocycles. The third-order valence-electron chi connectivity index (χ3n) is 3.01. The Labute approximate surface area is 136 Å². The largest absolute Gasteiger partial charge is 0.494 e. The van der Waals surface area contributed by atoms with Gasteiger partial charge >= 0.3 is 12.2 Å². The zero-order valence-electron chi connectivity index (χ0n) is 12.9. The van der Waals surface area contributed by atoms with Gasteiger partial charge in [0.1, 0.15) is 5.75 Å². The van der Waals surface area contributed by atoms with Gasteiger partial charge in [-0.1, -0.05) is 6.07 Å². The van der Waals surface area contributed by atoms with Gasteiger partial charge < -0.3 is 15.4 Å². The number of carbonyl (C=O) groups excluding carboxylic acids is 1. The Bertz CT molecular complexity index is 691. The lowest BCUT2D eigenvalue weighted by Crippen LogP contribution is -2.29. The quantitative estimate of drug-likeness (QED) is 0.870. The number of rotatable bonds is 5. The van der Waals surface area contributed by atoms with Crippen molar-refractivity contribution in [2.45, 2.75) is 19.6 Å². The van der Waals surface area contributed by atoms with E-state index in [-0.39, 0.29) is 24.6 Å². The molecule has 24 heavy (non-hydrogen) atoms. The predicted molar refractivity (Wildman–Crippen MR) is 82.7 cm³/mol. The molecule has 2 rings (SSSR count). The Morgan fingerprint density at radius 2 is 2.04 bits per heavy atom. The highest BCUT2D eigenvalue weighted by Crippen LogP contribution is 2.37. The Hall–Kier alpha value is -2.77. The van der Waals surface area contributed by atoms with Crippen molar-refractivity contribution < 1.29 is 22.7 Å². The van der Waals surface area contributed by atoms with E-state index in [4.69, 9.17) is 4.74 Å². The summed E-state index contributed by atoms with van der Waals surface area (Å²) in [5.41, 5.74) is -0.721. The number of hydrogen-bond donors (Lipinski definition) is 2. The molecule has 2 amide bonds. The monoisotopic (exact) mass is 339 g/mol. The van der Waals surface area contributed by atoms with Gasteiger partial charge in [-0.25, -0.2) is 4.79 Å². The number of anilines is 1. The van der Waals surface area contributed by atoms with Crippen LogP contribution in [0.15, 0.2) is 42.6 Å². The molecule has 1 heterocycles.